The Morgan fingerprint density at radius 3 is 2.21 bits per heavy atom. The van der Waals surface area contributed by atoms with Gasteiger partial charge in [-0.15, -0.1) is 0 Å². The third kappa shape index (κ3) is 8.04. The average Bonchev–Trinajstić information content (AvgIpc) is 3.96. The molecule has 0 saturated carbocycles. The zero-order valence-electron chi connectivity index (χ0n) is 30.8. The maximum atomic E-state index is 13.5. The zero-order valence-corrected chi connectivity index (χ0v) is 30.8. The van der Waals surface area contributed by atoms with E-state index in [-0.39, 0.29) is 47.8 Å². The Hall–Kier alpha value is -5.31. The van der Waals surface area contributed by atoms with E-state index in [1.54, 1.807) is 26.6 Å². The number of fused-ring (bicyclic) bond motifs is 1. The summed E-state index contributed by atoms with van der Waals surface area (Å²) in [7, 11) is 0. The van der Waals surface area contributed by atoms with Crippen molar-refractivity contribution in [3.05, 3.63) is 54.4 Å². The number of H-pyrrole nitrogens is 1. The van der Waals surface area contributed by atoms with Crippen molar-refractivity contribution in [3.63, 3.8) is 0 Å². The number of aromatic nitrogens is 4. The van der Waals surface area contributed by atoms with Crippen molar-refractivity contribution >= 4 is 35.3 Å². The summed E-state index contributed by atoms with van der Waals surface area (Å²) in [6, 6.07) is 5.52. The number of hydrogen-bond donors (Lipinski definition) is 4. The molecule has 0 spiro atoms. The number of benzene rings is 1. The van der Waals surface area contributed by atoms with Crippen LogP contribution in [0.1, 0.15) is 77.9 Å². The molecule has 2 aliphatic rings. The first-order valence-corrected chi connectivity index (χ1v) is 18.3. The minimum absolute atomic E-state index is 0.0553. The van der Waals surface area contributed by atoms with Crippen LogP contribution in [0.25, 0.3) is 28.4 Å². The Morgan fingerprint density at radius 1 is 0.906 bits per heavy atom. The number of aliphatic hydroxyl groups is 1. The van der Waals surface area contributed by atoms with Crippen molar-refractivity contribution in [2.75, 3.05) is 19.7 Å². The van der Waals surface area contributed by atoms with Crippen molar-refractivity contribution in [1.29, 1.82) is 0 Å². The van der Waals surface area contributed by atoms with Gasteiger partial charge in [0.15, 0.2) is 11.5 Å². The van der Waals surface area contributed by atoms with Gasteiger partial charge in [0.05, 0.1) is 42.3 Å². The highest BCUT2D eigenvalue weighted by Gasteiger charge is 2.39. The van der Waals surface area contributed by atoms with Gasteiger partial charge in [-0.1, -0.05) is 52.0 Å². The summed E-state index contributed by atoms with van der Waals surface area (Å²) in [6.07, 6.45) is 8.21. The first-order chi connectivity index (χ1) is 25.3. The van der Waals surface area contributed by atoms with E-state index in [4.69, 9.17) is 4.42 Å². The van der Waals surface area contributed by atoms with Crippen molar-refractivity contribution in [3.8, 4) is 22.6 Å². The zero-order chi connectivity index (χ0) is 38.0. The van der Waals surface area contributed by atoms with Gasteiger partial charge in [-0.25, -0.2) is 4.98 Å². The molecule has 1 aromatic carbocycles. The molecule has 2 saturated heterocycles. The summed E-state index contributed by atoms with van der Waals surface area (Å²) >= 11 is 0. The molecule has 0 unspecified atom stereocenters. The number of likely N-dealkylation sites (tertiary alicyclic amines) is 2. The first-order valence-electron chi connectivity index (χ1n) is 18.3. The standard InChI is InChI=1S/C38H48N8O7/c1-21(2)33(40-23(5)48)36(51)45-14-6-8-28(45)30(49)16-26-18-44-19-31(53-38(44)41-26)25-12-10-24(11-13-25)27-17-39-35(42-27)29-9-7-15-46(29)37(52)34(22(3)4)43-32(50)20-47/h10-13,17-19,21-22,28-29,33-34,47H,6-9,14-16,20H2,1-5H3,(H,39,42)(H,40,48)(H,43,50)/t28-,29-,33-,34-/m0/s1. The summed E-state index contributed by atoms with van der Waals surface area (Å²) in [5, 5.41) is 14.6. The lowest BCUT2D eigenvalue weighted by Crippen LogP contribution is -2.53. The molecule has 5 heterocycles. The molecule has 282 valence electrons. The molecule has 0 aliphatic carbocycles. The van der Waals surface area contributed by atoms with Gasteiger partial charge in [0.2, 0.25) is 23.6 Å². The fourth-order valence-electron chi connectivity index (χ4n) is 7.33. The summed E-state index contributed by atoms with van der Waals surface area (Å²) in [6.45, 7) is 9.19. The van der Waals surface area contributed by atoms with E-state index in [1.807, 2.05) is 58.2 Å². The fraction of sp³-hybridized carbons (Fsp3) is 0.500. The van der Waals surface area contributed by atoms with Crippen LogP contribution in [-0.2, 0) is 30.4 Å². The Bertz CT molecular complexity index is 1940. The van der Waals surface area contributed by atoms with E-state index >= 15 is 0 Å². The number of Topliss-reactive ketones (excluding diaryl/α,β-unsaturated/α-hetero) is 1. The Balaban J connectivity index is 1.10. The molecule has 0 bridgehead atoms. The highest BCUT2D eigenvalue weighted by Crippen LogP contribution is 2.33. The molecular weight excluding hydrogens is 680 g/mol. The highest BCUT2D eigenvalue weighted by molar-refractivity contribution is 5.94. The van der Waals surface area contributed by atoms with Gasteiger partial charge in [-0.05, 0) is 43.1 Å². The number of imidazole rings is 2. The maximum Gasteiger partial charge on any atom is 0.306 e. The minimum Gasteiger partial charge on any atom is -0.423 e. The van der Waals surface area contributed by atoms with Crippen LogP contribution in [0.4, 0.5) is 0 Å². The molecular formula is C38H48N8O7. The van der Waals surface area contributed by atoms with Gasteiger partial charge in [0.1, 0.15) is 24.5 Å². The number of aliphatic hydroxyl groups excluding tert-OH is 1. The van der Waals surface area contributed by atoms with Crippen molar-refractivity contribution < 1.29 is 33.5 Å². The SMILES string of the molecule is CC(=O)N[C@H](C(=O)N1CCC[C@H]1C(=O)Cc1cn2cc(-c3ccc(-c4cnc([C@@H]5CCCN5C(=O)[C@@H](NC(=O)CO)C(C)C)[nH]4)cc3)oc2n1)C(C)C. The number of hydrogen-bond acceptors (Lipinski definition) is 9. The monoisotopic (exact) mass is 728 g/mol. The van der Waals surface area contributed by atoms with Crippen LogP contribution in [0.3, 0.4) is 0 Å². The second kappa shape index (κ2) is 15.7. The van der Waals surface area contributed by atoms with Crippen LogP contribution < -0.4 is 10.6 Å². The molecule has 0 radical (unpaired) electrons. The summed E-state index contributed by atoms with van der Waals surface area (Å²) < 4.78 is 7.79. The van der Waals surface area contributed by atoms with Crippen LogP contribution in [0.5, 0.6) is 0 Å². The van der Waals surface area contributed by atoms with Crippen LogP contribution in [0, 0.1) is 11.8 Å². The van der Waals surface area contributed by atoms with E-state index in [9.17, 15) is 29.1 Å². The van der Waals surface area contributed by atoms with Crippen LogP contribution in [-0.4, -0.2) is 101 Å². The normalized spacial score (nSPS) is 18.6. The summed E-state index contributed by atoms with van der Waals surface area (Å²) in [4.78, 5) is 79.7. The number of aromatic amines is 1. The highest BCUT2D eigenvalue weighted by atomic mass is 16.4. The van der Waals surface area contributed by atoms with E-state index in [1.165, 1.54) is 6.92 Å². The fourth-order valence-corrected chi connectivity index (χ4v) is 7.33. The lowest BCUT2D eigenvalue weighted by Gasteiger charge is -2.30. The van der Waals surface area contributed by atoms with Crippen LogP contribution >= 0.6 is 0 Å². The Morgan fingerprint density at radius 2 is 1.55 bits per heavy atom. The lowest BCUT2D eigenvalue weighted by molar-refractivity contribution is -0.141. The number of carbonyl (C=O) groups is 5. The number of nitrogens with zero attached hydrogens (tertiary/aromatic N) is 5. The number of nitrogens with one attached hydrogen (secondary N) is 3. The maximum absolute atomic E-state index is 13.5. The quantitative estimate of drug-likeness (QED) is 0.160. The van der Waals surface area contributed by atoms with Crippen molar-refractivity contribution in [2.24, 2.45) is 11.8 Å². The van der Waals surface area contributed by atoms with Gasteiger partial charge in [0, 0.05) is 31.8 Å². The average molecular weight is 729 g/mol. The number of carbonyl (C=O) groups excluding carboxylic acids is 5. The Kier molecular flexibility index (Phi) is 11.1. The molecule has 6 rings (SSSR count). The predicted molar refractivity (Wildman–Crippen MR) is 194 cm³/mol. The van der Waals surface area contributed by atoms with Gasteiger partial charge in [-0.2, -0.15) is 4.98 Å². The molecule has 2 fully saturated rings. The molecule has 15 heteroatoms. The van der Waals surface area contributed by atoms with E-state index in [2.05, 4.69) is 25.6 Å². The number of oxazole rings is 1. The molecule has 3 aromatic heterocycles. The second-order valence-electron chi connectivity index (χ2n) is 14.7. The van der Waals surface area contributed by atoms with Gasteiger partial charge in [-0.3, -0.25) is 28.4 Å². The molecule has 4 amide bonds. The summed E-state index contributed by atoms with van der Waals surface area (Å²) in [5.41, 5.74) is 3.06. The van der Waals surface area contributed by atoms with Crippen LogP contribution in [0.15, 0.2) is 47.3 Å². The van der Waals surface area contributed by atoms with E-state index < -0.39 is 30.6 Å². The molecule has 15 nitrogen and oxygen atoms in total. The van der Waals surface area contributed by atoms with Crippen LogP contribution in [0.2, 0.25) is 0 Å². The molecule has 53 heavy (non-hydrogen) atoms. The first kappa shape index (κ1) is 37.4. The van der Waals surface area contributed by atoms with Gasteiger partial charge >= 0.3 is 5.84 Å². The lowest BCUT2D eigenvalue weighted by atomic mass is 10.0. The largest absolute Gasteiger partial charge is 0.423 e. The van der Waals surface area contributed by atoms with Crippen molar-refractivity contribution in [1.82, 2.24) is 39.8 Å². The van der Waals surface area contributed by atoms with Gasteiger partial charge < -0.3 is 34.9 Å². The number of ketones is 1. The molecule has 4 aromatic rings. The minimum atomic E-state index is -0.739. The van der Waals surface area contributed by atoms with Gasteiger partial charge in [0.25, 0.3) is 0 Å². The smallest absolute Gasteiger partial charge is 0.306 e. The third-order valence-electron chi connectivity index (χ3n) is 10.1. The molecule has 4 atom stereocenters. The molecule has 2 aliphatic heterocycles. The predicted octanol–water partition coefficient (Wildman–Crippen LogP) is 3.04. The molecule has 4 N–H and O–H groups in total. The second-order valence-corrected chi connectivity index (χ2v) is 14.7. The van der Waals surface area contributed by atoms with Crippen molar-refractivity contribution in [2.45, 2.75) is 90.9 Å². The van der Waals surface area contributed by atoms with E-state index in [0.29, 0.717) is 42.6 Å². The van der Waals surface area contributed by atoms with E-state index in [0.717, 1.165) is 36.1 Å². The number of amides is 4. The summed E-state index contributed by atoms with van der Waals surface area (Å²) in [5.74, 6) is -0.0360. The third-order valence-corrected chi connectivity index (χ3v) is 10.1. The topological polar surface area (TPSA) is 195 Å². The Labute approximate surface area is 307 Å². The number of rotatable bonds is 13.